The highest BCUT2D eigenvalue weighted by molar-refractivity contribution is 5.21. The van der Waals surface area contributed by atoms with E-state index in [1.165, 1.54) is 24.1 Å². The van der Waals surface area contributed by atoms with Crippen molar-refractivity contribution in [1.29, 1.82) is 0 Å². The van der Waals surface area contributed by atoms with Crippen LogP contribution in [0.25, 0.3) is 0 Å². The smallest absolute Gasteiger partial charge is 0.131 e. The van der Waals surface area contributed by atoms with E-state index in [1.807, 2.05) is 0 Å². The fraction of sp³-hybridized carbons (Fsp3) is 0.765. The number of nitrogens with zero attached hydrogens (tertiary/aromatic N) is 2. The van der Waals surface area contributed by atoms with Crippen molar-refractivity contribution in [3.8, 4) is 0 Å². The number of nitrogens with one attached hydrogen (secondary N) is 1. The minimum absolute atomic E-state index is 0.342. The number of hydrogen-bond acceptors (Lipinski definition) is 4. The van der Waals surface area contributed by atoms with Crippen molar-refractivity contribution < 1.29 is 4.74 Å². The molecule has 2 atom stereocenters. The van der Waals surface area contributed by atoms with Gasteiger partial charge in [-0.1, -0.05) is 13.8 Å². The van der Waals surface area contributed by atoms with E-state index in [-0.39, 0.29) is 0 Å². The van der Waals surface area contributed by atoms with Crippen LogP contribution in [0.4, 0.5) is 0 Å². The largest absolute Gasteiger partial charge is 0.378 e. The van der Waals surface area contributed by atoms with Crippen molar-refractivity contribution in [1.82, 2.24) is 15.3 Å². The second-order valence-electron chi connectivity index (χ2n) is 6.77. The quantitative estimate of drug-likeness (QED) is 0.903. The minimum atomic E-state index is 0.342. The van der Waals surface area contributed by atoms with Crippen LogP contribution in [0, 0.1) is 5.92 Å². The van der Waals surface area contributed by atoms with Gasteiger partial charge in [0, 0.05) is 31.0 Å². The summed E-state index contributed by atoms with van der Waals surface area (Å²) in [6.07, 6.45) is 9.08. The monoisotopic (exact) mass is 289 g/mol. The third-order valence-corrected chi connectivity index (χ3v) is 4.55. The summed E-state index contributed by atoms with van der Waals surface area (Å²) < 4.78 is 5.68. The van der Waals surface area contributed by atoms with Crippen molar-refractivity contribution in [2.45, 2.75) is 64.5 Å². The second-order valence-corrected chi connectivity index (χ2v) is 6.77. The summed E-state index contributed by atoms with van der Waals surface area (Å²) >= 11 is 0. The predicted octanol–water partition coefficient (Wildman–Crippen LogP) is 2.30. The molecule has 1 aromatic heterocycles. The first-order valence-corrected chi connectivity index (χ1v) is 8.39. The average molecular weight is 289 g/mol. The zero-order chi connectivity index (χ0) is 14.7. The summed E-state index contributed by atoms with van der Waals surface area (Å²) in [5.41, 5.74) is 2.63. The summed E-state index contributed by atoms with van der Waals surface area (Å²) in [7, 11) is 0. The highest BCUT2D eigenvalue weighted by Gasteiger charge is 2.22. The van der Waals surface area contributed by atoms with Crippen molar-refractivity contribution in [3.63, 3.8) is 0 Å². The Morgan fingerprint density at radius 1 is 1.38 bits per heavy atom. The fourth-order valence-corrected chi connectivity index (χ4v) is 3.31. The molecule has 0 aromatic carbocycles. The molecule has 116 valence electrons. The number of aryl methyl sites for hydroxylation is 1. The third-order valence-electron chi connectivity index (χ3n) is 4.55. The van der Waals surface area contributed by atoms with Crippen LogP contribution < -0.4 is 5.32 Å². The Labute approximate surface area is 127 Å². The Morgan fingerprint density at radius 2 is 2.29 bits per heavy atom. The Hall–Kier alpha value is -1.00. The van der Waals surface area contributed by atoms with Crippen LogP contribution in [0.3, 0.4) is 0 Å². The summed E-state index contributed by atoms with van der Waals surface area (Å²) in [5.74, 6) is 1.70. The van der Waals surface area contributed by atoms with E-state index in [4.69, 9.17) is 9.72 Å². The SMILES string of the molecule is CC(C)NCC1CCc2nc(CC3CCCO3)ncc2C1. The maximum absolute atomic E-state index is 5.68. The average Bonchev–Trinajstić information content (AvgIpc) is 2.98. The fourth-order valence-electron chi connectivity index (χ4n) is 3.31. The first kappa shape index (κ1) is 14.9. The van der Waals surface area contributed by atoms with Crippen LogP contribution in [0.2, 0.25) is 0 Å². The molecule has 21 heavy (non-hydrogen) atoms. The van der Waals surface area contributed by atoms with Gasteiger partial charge in [0.15, 0.2) is 0 Å². The zero-order valence-electron chi connectivity index (χ0n) is 13.3. The molecule has 4 nitrogen and oxygen atoms in total. The number of ether oxygens (including phenoxy) is 1. The Bertz CT molecular complexity index is 469. The predicted molar refractivity (Wildman–Crippen MR) is 83.4 cm³/mol. The van der Waals surface area contributed by atoms with Gasteiger partial charge in [0.25, 0.3) is 0 Å². The van der Waals surface area contributed by atoms with E-state index in [1.54, 1.807) is 0 Å². The lowest BCUT2D eigenvalue weighted by atomic mass is 9.87. The van der Waals surface area contributed by atoms with Crippen LogP contribution in [0.15, 0.2) is 6.20 Å². The molecule has 2 aliphatic rings. The molecular weight excluding hydrogens is 262 g/mol. The van der Waals surface area contributed by atoms with Crippen LogP contribution in [0.5, 0.6) is 0 Å². The molecule has 1 fully saturated rings. The van der Waals surface area contributed by atoms with Gasteiger partial charge in [-0.3, -0.25) is 0 Å². The molecule has 1 N–H and O–H groups in total. The van der Waals surface area contributed by atoms with Crippen LogP contribution in [-0.4, -0.2) is 35.3 Å². The Morgan fingerprint density at radius 3 is 3.05 bits per heavy atom. The van der Waals surface area contributed by atoms with Crippen molar-refractivity contribution in [2.24, 2.45) is 5.92 Å². The lowest BCUT2D eigenvalue weighted by Crippen LogP contribution is -2.32. The van der Waals surface area contributed by atoms with Crippen LogP contribution in [-0.2, 0) is 24.0 Å². The zero-order valence-corrected chi connectivity index (χ0v) is 13.3. The van der Waals surface area contributed by atoms with E-state index in [9.17, 15) is 0 Å². The van der Waals surface area contributed by atoms with Crippen LogP contribution in [0.1, 0.15) is 50.2 Å². The third kappa shape index (κ3) is 4.01. The molecule has 1 aromatic rings. The Kier molecular flexibility index (Phi) is 4.86. The highest BCUT2D eigenvalue weighted by Crippen LogP contribution is 2.24. The normalized spacial score (nSPS) is 25.3. The molecule has 2 heterocycles. The standard InChI is InChI=1S/C17H27N3O/c1-12(2)18-10-13-5-6-16-14(8-13)11-19-17(20-16)9-15-4-3-7-21-15/h11-13,15,18H,3-10H2,1-2H3. The van der Waals surface area contributed by atoms with Crippen molar-refractivity contribution in [2.75, 3.05) is 13.2 Å². The van der Waals surface area contributed by atoms with Gasteiger partial charge in [0.05, 0.1) is 6.10 Å². The maximum Gasteiger partial charge on any atom is 0.131 e. The Balaban J connectivity index is 1.59. The molecule has 1 aliphatic carbocycles. The summed E-state index contributed by atoms with van der Waals surface area (Å²) in [5, 5.41) is 3.55. The number of rotatable bonds is 5. The van der Waals surface area contributed by atoms with Gasteiger partial charge in [-0.05, 0) is 50.1 Å². The second kappa shape index (κ2) is 6.84. The molecule has 1 saturated heterocycles. The molecule has 0 spiro atoms. The summed E-state index contributed by atoms with van der Waals surface area (Å²) in [4.78, 5) is 9.37. The van der Waals surface area contributed by atoms with Crippen molar-refractivity contribution >= 4 is 0 Å². The first-order valence-electron chi connectivity index (χ1n) is 8.39. The first-order chi connectivity index (χ1) is 10.2. The van der Waals surface area contributed by atoms with E-state index in [0.717, 1.165) is 50.6 Å². The molecule has 0 radical (unpaired) electrons. The minimum Gasteiger partial charge on any atom is -0.378 e. The summed E-state index contributed by atoms with van der Waals surface area (Å²) in [6, 6.07) is 0.566. The highest BCUT2D eigenvalue weighted by atomic mass is 16.5. The van der Waals surface area contributed by atoms with Gasteiger partial charge in [-0.2, -0.15) is 0 Å². The number of hydrogen-bond donors (Lipinski definition) is 1. The molecule has 4 heteroatoms. The molecule has 0 saturated carbocycles. The van der Waals surface area contributed by atoms with Gasteiger partial charge in [0.2, 0.25) is 0 Å². The number of fused-ring (bicyclic) bond motifs is 1. The van der Waals surface area contributed by atoms with Gasteiger partial charge >= 0.3 is 0 Å². The lowest BCUT2D eigenvalue weighted by Gasteiger charge is -2.25. The molecular formula is C17H27N3O. The summed E-state index contributed by atoms with van der Waals surface area (Å²) in [6.45, 7) is 6.42. The maximum atomic E-state index is 5.68. The molecule has 1 aliphatic heterocycles. The van der Waals surface area contributed by atoms with Gasteiger partial charge in [-0.15, -0.1) is 0 Å². The van der Waals surface area contributed by atoms with E-state index in [2.05, 4.69) is 30.3 Å². The number of aromatic nitrogens is 2. The van der Waals surface area contributed by atoms with Crippen LogP contribution >= 0.6 is 0 Å². The van der Waals surface area contributed by atoms with E-state index in [0.29, 0.717) is 12.1 Å². The van der Waals surface area contributed by atoms with Gasteiger partial charge in [0.1, 0.15) is 5.82 Å². The van der Waals surface area contributed by atoms with Crippen molar-refractivity contribution in [3.05, 3.63) is 23.3 Å². The van der Waals surface area contributed by atoms with Gasteiger partial charge in [-0.25, -0.2) is 9.97 Å². The lowest BCUT2D eigenvalue weighted by molar-refractivity contribution is 0.110. The molecule has 0 amide bonds. The molecule has 2 unspecified atom stereocenters. The van der Waals surface area contributed by atoms with E-state index < -0.39 is 0 Å². The van der Waals surface area contributed by atoms with Gasteiger partial charge < -0.3 is 10.1 Å². The molecule has 3 rings (SSSR count). The topological polar surface area (TPSA) is 47.0 Å². The van der Waals surface area contributed by atoms with E-state index >= 15 is 0 Å². The molecule has 0 bridgehead atoms.